The molecule has 0 heterocycles. The smallest absolute Gasteiger partial charge is 0.327 e. The van der Waals surface area contributed by atoms with Crippen molar-refractivity contribution in [2.75, 3.05) is 13.1 Å². The molecule has 11 nitrogen and oxygen atoms in total. The first kappa shape index (κ1) is 25.0. The van der Waals surface area contributed by atoms with Gasteiger partial charge in [-0.15, -0.1) is 0 Å². The average Bonchev–Trinajstić information content (AvgIpc) is 2.78. The first-order valence-corrected chi connectivity index (χ1v) is 12.1. The van der Waals surface area contributed by atoms with E-state index in [2.05, 4.69) is 14.9 Å². The summed E-state index contributed by atoms with van der Waals surface area (Å²) in [5, 5.41) is 11.1. The highest BCUT2D eigenvalue weighted by molar-refractivity contribution is 7.89. The third-order valence-corrected chi connectivity index (χ3v) is 6.58. The maximum atomic E-state index is 12.1. The maximum Gasteiger partial charge on any atom is 0.327 e. The standard InChI is InChI=1S/C19H20N4O7S2/c20-14-15-6-8-17(9-7-15)31(26,27)22-13-10-18(24)21-12-11-19(25)30-23-32(28,29)16-4-2-1-3-5-16/h1-9,22-23H,10-13H2,(H,21,24). The second-order valence-electron chi connectivity index (χ2n) is 6.26. The van der Waals surface area contributed by atoms with Crippen LogP contribution in [0.3, 0.4) is 0 Å². The molecule has 0 aromatic heterocycles. The van der Waals surface area contributed by atoms with Crippen molar-refractivity contribution in [1.29, 1.82) is 5.26 Å². The summed E-state index contributed by atoms with van der Waals surface area (Å²) in [6.45, 7) is -0.317. The van der Waals surface area contributed by atoms with E-state index in [0.717, 1.165) is 0 Å². The molecule has 0 aliphatic rings. The van der Waals surface area contributed by atoms with E-state index in [4.69, 9.17) is 5.26 Å². The van der Waals surface area contributed by atoms with E-state index in [-0.39, 0.29) is 35.7 Å². The molecule has 0 atom stereocenters. The van der Waals surface area contributed by atoms with Crippen LogP contribution in [0.4, 0.5) is 0 Å². The molecule has 170 valence electrons. The fraction of sp³-hybridized carbons (Fsp3) is 0.211. The van der Waals surface area contributed by atoms with Crippen LogP contribution in [0.25, 0.3) is 0 Å². The van der Waals surface area contributed by atoms with Gasteiger partial charge in [0.2, 0.25) is 15.9 Å². The van der Waals surface area contributed by atoms with Crippen LogP contribution >= 0.6 is 0 Å². The number of sulfonamides is 2. The molecule has 13 heteroatoms. The number of amides is 1. The lowest BCUT2D eigenvalue weighted by molar-refractivity contribution is -0.147. The predicted molar refractivity (Wildman–Crippen MR) is 111 cm³/mol. The first-order chi connectivity index (χ1) is 15.1. The van der Waals surface area contributed by atoms with Gasteiger partial charge < -0.3 is 10.2 Å². The Morgan fingerprint density at radius 3 is 2.09 bits per heavy atom. The molecule has 2 aromatic rings. The highest BCUT2D eigenvalue weighted by Crippen LogP contribution is 2.10. The fourth-order valence-corrected chi connectivity index (χ4v) is 4.13. The fourth-order valence-electron chi connectivity index (χ4n) is 2.28. The Labute approximate surface area is 185 Å². The zero-order valence-electron chi connectivity index (χ0n) is 16.6. The predicted octanol–water partition coefficient (Wildman–Crippen LogP) is 0.170. The number of carbonyl (C=O) groups is 2. The molecule has 1 amide bonds. The summed E-state index contributed by atoms with van der Waals surface area (Å²) in [6, 6.07) is 14.5. The van der Waals surface area contributed by atoms with Crippen LogP contribution in [-0.4, -0.2) is 41.8 Å². The van der Waals surface area contributed by atoms with Crippen LogP contribution < -0.4 is 14.9 Å². The highest BCUT2D eigenvalue weighted by atomic mass is 32.2. The molecule has 3 N–H and O–H groups in total. The Balaban J connectivity index is 1.67. The van der Waals surface area contributed by atoms with E-state index >= 15 is 0 Å². The van der Waals surface area contributed by atoms with Gasteiger partial charge >= 0.3 is 5.97 Å². The Morgan fingerprint density at radius 2 is 1.47 bits per heavy atom. The van der Waals surface area contributed by atoms with Gasteiger partial charge in [-0.05, 0) is 41.3 Å². The zero-order chi connectivity index (χ0) is 23.6. The van der Waals surface area contributed by atoms with E-state index in [9.17, 15) is 26.4 Å². The van der Waals surface area contributed by atoms with Crippen LogP contribution in [0.15, 0.2) is 64.4 Å². The van der Waals surface area contributed by atoms with Gasteiger partial charge in [0.05, 0.1) is 27.8 Å². The highest BCUT2D eigenvalue weighted by Gasteiger charge is 2.17. The van der Waals surface area contributed by atoms with Crippen LogP contribution in [0.1, 0.15) is 18.4 Å². The third-order valence-electron chi connectivity index (χ3n) is 3.91. The molecule has 0 aliphatic heterocycles. The molecular weight excluding hydrogens is 460 g/mol. The van der Waals surface area contributed by atoms with Gasteiger partial charge in [0.25, 0.3) is 10.0 Å². The van der Waals surface area contributed by atoms with E-state index in [1.165, 1.54) is 48.5 Å². The van der Waals surface area contributed by atoms with Gasteiger partial charge in [0.15, 0.2) is 0 Å². The van der Waals surface area contributed by atoms with E-state index in [1.807, 2.05) is 6.07 Å². The quantitative estimate of drug-likeness (QED) is 0.382. The lowest BCUT2D eigenvalue weighted by atomic mass is 10.2. The van der Waals surface area contributed by atoms with Crippen molar-refractivity contribution >= 4 is 31.9 Å². The number of benzene rings is 2. The SMILES string of the molecule is N#Cc1ccc(S(=O)(=O)NCCC(=O)NCCC(=O)ONS(=O)(=O)c2ccccc2)cc1. The molecule has 2 rings (SSSR count). The normalized spacial score (nSPS) is 11.3. The van der Waals surface area contributed by atoms with Crippen molar-refractivity contribution < 1.29 is 31.3 Å². The second-order valence-corrected chi connectivity index (χ2v) is 9.67. The monoisotopic (exact) mass is 480 g/mol. The molecule has 0 aliphatic carbocycles. The zero-order valence-corrected chi connectivity index (χ0v) is 18.3. The van der Waals surface area contributed by atoms with Crippen LogP contribution in [0.5, 0.6) is 0 Å². The molecule has 2 aromatic carbocycles. The molecular formula is C19H20N4O7S2. The van der Waals surface area contributed by atoms with Gasteiger partial charge in [0, 0.05) is 19.5 Å². The Morgan fingerprint density at radius 1 is 0.844 bits per heavy atom. The summed E-state index contributed by atoms with van der Waals surface area (Å²) in [7, 11) is -7.85. The molecule has 0 radical (unpaired) electrons. The van der Waals surface area contributed by atoms with Gasteiger partial charge in [-0.1, -0.05) is 18.2 Å². The van der Waals surface area contributed by atoms with Gasteiger partial charge in [-0.25, -0.2) is 21.6 Å². The molecule has 0 unspecified atom stereocenters. The van der Waals surface area contributed by atoms with Crippen molar-refractivity contribution in [2.24, 2.45) is 0 Å². The molecule has 0 spiro atoms. The van der Waals surface area contributed by atoms with Crippen molar-refractivity contribution in [1.82, 2.24) is 14.9 Å². The Hall–Kier alpha value is -3.31. The molecule has 0 saturated heterocycles. The largest absolute Gasteiger partial charge is 0.356 e. The first-order valence-electron chi connectivity index (χ1n) is 9.17. The van der Waals surface area contributed by atoms with E-state index < -0.39 is 31.9 Å². The van der Waals surface area contributed by atoms with Gasteiger partial charge in [0.1, 0.15) is 0 Å². The number of nitriles is 1. The van der Waals surface area contributed by atoms with Gasteiger partial charge in [-0.3, -0.25) is 9.59 Å². The Bertz CT molecular complexity index is 1190. The number of rotatable bonds is 11. The number of hydrogen-bond donors (Lipinski definition) is 3. The van der Waals surface area contributed by atoms with Crippen LogP contribution in [0, 0.1) is 11.3 Å². The number of nitrogens with one attached hydrogen (secondary N) is 3. The minimum atomic E-state index is -4.01. The molecule has 0 fully saturated rings. The summed E-state index contributed by atoms with van der Waals surface area (Å²) in [5.41, 5.74) is 0.315. The Kier molecular flexibility index (Phi) is 8.85. The summed E-state index contributed by atoms with van der Waals surface area (Å²) in [6.07, 6.45) is -0.495. The number of nitrogens with zero attached hydrogens (tertiary/aromatic N) is 1. The summed E-state index contributed by atoms with van der Waals surface area (Å²) < 4.78 is 50.4. The maximum absolute atomic E-state index is 12.1. The lowest BCUT2D eigenvalue weighted by Gasteiger charge is -2.08. The third kappa shape index (κ3) is 7.75. The molecule has 0 bridgehead atoms. The minimum Gasteiger partial charge on any atom is -0.356 e. The van der Waals surface area contributed by atoms with Crippen LogP contribution in [-0.2, 0) is 34.5 Å². The van der Waals surface area contributed by atoms with Crippen molar-refractivity contribution in [3.63, 3.8) is 0 Å². The van der Waals surface area contributed by atoms with Crippen molar-refractivity contribution in [3.05, 3.63) is 60.2 Å². The summed E-state index contributed by atoms with van der Waals surface area (Å²) in [4.78, 5) is 29.5. The van der Waals surface area contributed by atoms with Gasteiger partial charge in [-0.2, -0.15) is 5.26 Å². The van der Waals surface area contributed by atoms with Crippen molar-refractivity contribution in [3.8, 4) is 6.07 Å². The molecule has 0 saturated carbocycles. The lowest BCUT2D eigenvalue weighted by Crippen LogP contribution is -2.33. The topological polar surface area (TPSA) is 172 Å². The van der Waals surface area contributed by atoms with E-state index in [0.29, 0.717) is 5.56 Å². The number of hydrogen-bond acceptors (Lipinski definition) is 8. The molecule has 32 heavy (non-hydrogen) atoms. The number of carbonyl (C=O) groups excluding carboxylic acids is 2. The van der Waals surface area contributed by atoms with Crippen LogP contribution in [0.2, 0.25) is 0 Å². The minimum absolute atomic E-state index is 0.0439. The second kappa shape index (κ2) is 11.3. The average molecular weight is 481 g/mol. The van der Waals surface area contributed by atoms with E-state index in [1.54, 1.807) is 11.0 Å². The van der Waals surface area contributed by atoms with Crippen molar-refractivity contribution in [2.45, 2.75) is 22.6 Å². The summed E-state index contributed by atoms with van der Waals surface area (Å²) in [5.74, 6) is -1.43. The summed E-state index contributed by atoms with van der Waals surface area (Å²) >= 11 is 0.